The van der Waals surface area contributed by atoms with Gasteiger partial charge in [0.1, 0.15) is 0 Å². The van der Waals surface area contributed by atoms with Crippen LogP contribution in [0.2, 0.25) is 10.0 Å². The molecule has 0 aliphatic carbocycles. The number of nitrogens with zero attached hydrogens (tertiary/aromatic N) is 1. The van der Waals surface area contributed by atoms with Crippen LogP contribution in [0.15, 0.2) is 47.6 Å². The predicted molar refractivity (Wildman–Crippen MR) is 82.4 cm³/mol. The van der Waals surface area contributed by atoms with Crippen LogP contribution in [0.5, 0.6) is 0 Å². The summed E-state index contributed by atoms with van der Waals surface area (Å²) in [6.45, 7) is 0. The Hall–Kier alpha value is -2.04. The zero-order chi connectivity index (χ0) is 14.5. The van der Waals surface area contributed by atoms with E-state index in [1.165, 1.54) is 6.21 Å². The van der Waals surface area contributed by atoms with Gasteiger partial charge in [0.05, 0.1) is 16.3 Å². The Morgan fingerprint density at radius 1 is 1.15 bits per heavy atom. The van der Waals surface area contributed by atoms with E-state index in [-0.39, 0.29) is 5.91 Å². The second kappa shape index (κ2) is 6.41. The monoisotopic (exact) mass is 307 g/mol. The lowest BCUT2D eigenvalue weighted by molar-refractivity contribution is 0.0955. The molecule has 0 radical (unpaired) electrons. The van der Waals surface area contributed by atoms with Gasteiger partial charge in [-0.05, 0) is 30.3 Å². The van der Waals surface area contributed by atoms with Gasteiger partial charge in [0.2, 0.25) is 0 Å². The molecule has 0 aliphatic heterocycles. The van der Waals surface area contributed by atoms with Crippen molar-refractivity contribution in [3.8, 4) is 0 Å². The highest BCUT2D eigenvalue weighted by atomic mass is 35.5. The topological polar surface area (TPSA) is 67.5 Å². The van der Waals surface area contributed by atoms with Crippen molar-refractivity contribution in [2.45, 2.75) is 0 Å². The minimum atomic E-state index is -0.334. The normalized spacial score (nSPS) is 10.7. The number of anilines is 1. The van der Waals surface area contributed by atoms with Crippen LogP contribution in [0.4, 0.5) is 5.69 Å². The van der Waals surface area contributed by atoms with Crippen molar-refractivity contribution in [1.82, 2.24) is 5.43 Å². The average Bonchev–Trinajstić information content (AvgIpc) is 2.44. The molecule has 2 rings (SSSR count). The van der Waals surface area contributed by atoms with Crippen LogP contribution in [0.1, 0.15) is 15.9 Å². The summed E-state index contributed by atoms with van der Waals surface area (Å²) in [5.74, 6) is -0.334. The largest absolute Gasteiger partial charge is 0.399 e. The van der Waals surface area contributed by atoms with Gasteiger partial charge in [0.15, 0.2) is 0 Å². The highest BCUT2D eigenvalue weighted by molar-refractivity contribution is 6.43. The van der Waals surface area contributed by atoms with E-state index in [1.54, 1.807) is 42.5 Å². The summed E-state index contributed by atoms with van der Waals surface area (Å²) < 4.78 is 0. The summed E-state index contributed by atoms with van der Waals surface area (Å²) in [5.41, 5.74) is 9.63. The van der Waals surface area contributed by atoms with Gasteiger partial charge >= 0.3 is 0 Å². The van der Waals surface area contributed by atoms with Crippen molar-refractivity contribution in [3.63, 3.8) is 0 Å². The Labute approximate surface area is 126 Å². The van der Waals surface area contributed by atoms with Crippen LogP contribution in [-0.4, -0.2) is 12.1 Å². The lowest BCUT2D eigenvalue weighted by Gasteiger charge is -2.01. The van der Waals surface area contributed by atoms with E-state index < -0.39 is 0 Å². The lowest BCUT2D eigenvalue weighted by atomic mass is 10.2. The number of nitrogen functional groups attached to an aromatic ring is 1. The van der Waals surface area contributed by atoms with Crippen molar-refractivity contribution in [2.24, 2.45) is 5.10 Å². The minimum Gasteiger partial charge on any atom is -0.399 e. The van der Waals surface area contributed by atoms with Crippen LogP contribution in [0, 0.1) is 0 Å². The molecule has 20 heavy (non-hydrogen) atoms. The summed E-state index contributed by atoms with van der Waals surface area (Å²) >= 11 is 11.9. The van der Waals surface area contributed by atoms with Gasteiger partial charge < -0.3 is 5.73 Å². The molecule has 0 heterocycles. The number of nitrogens with one attached hydrogen (secondary N) is 1. The molecular weight excluding hydrogens is 297 g/mol. The highest BCUT2D eigenvalue weighted by Crippen LogP contribution is 2.24. The maximum atomic E-state index is 11.8. The van der Waals surface area contributed by atoms with E-state index in [4.69, 9.17) is 28.9 Å². The number of hydrogen-bond donors (Lipinski definition) is 2. The molecule has 1 amide bonds. The highest BCUT2D eigenvalue weighted by Gasteiger charge is 2.04. The number of carbonyl (C=O) groups excluding carboxylic acids is 1. The maximum Gasteiger partial charge on any atom is 0.271 e. The Bertz CT molecular complexity index is 654. The fraction of sp³-hybridized carbons (Fsp3) is 0. The smallest absolute Gasteiger partial charge is 0.271 e. The lowest BCUT2D eigenvalue weighted by Crippen LogP contribution is -2.17. The first-order chi connectivity index (χ1) is 9.58. The van der Waals surface area contributed by atoms with Crippen molar-refractivity contribution in [3.05, 3.63) is 63.6 Å². The molecule has 2 aromatic carbocycles. The van der Waals surface area contributed by atoms with E-state index in [9.17, 15) is 4.79 Å². The number of nitrogens with two attached hydrogens (primary N) is 1. The second-order valence-electron chi connectivity index (χ2n) is 3.96. The third-order valence-electron chi connectivity index (χ3n) is 2.52. The molecule has 0 unspecified atom stereocenters. The van der Waals surface area contributed by atoms with Crippen molar-refractivity contribution in [1.29, 1.82) is 0 Å². The summed E-state index contributed by atoms with van der Waals surface area (Å²) in [6.07, 6.45) is 1.43. The molecule has 0 spiro atoms. The zero-order valence-corrected chi connectivity index (χ0v) is 11.8. The van der Waals surface area contributed by atoms with Crippen LogP contribution >= 0.6 is 23.2 Å². The number of hydrogen-bond acceptors (Lipinski definition) is 3. The molecule has 0 fully saturated rings. The number of halogens is 2. The molecule has 2 aromatic rings. The molecule has 0 saturated heterocycles. The van der Waals surface area contributed by atoms with Crippen molar-refractivity contribution < 1.29 is 4.79 Å². The van der Waals surface area contributed by atoms with Crippen LogP contribution < -0.4 is 11.2 Å². The number of carbonyl (C=O) groups is 1. The number of benzene rings is 2. The van der Waals surface area contributed by atoms with Gasteiger partial charge in [-0.2, -0.15) is 5.10 Å². The second-order valence-corrected chi connectivity index (χ2v) is 4.75. The van der Waals surface area contributed by atoms with Gasteiger partial charge in [0.25, 0.3) is 5.91 Å². The van der Waals surface area contributed by atoms with Crippen molar-refractivity contribution >= 4 is 41.0 Å². The summed E-state index contributed by atoms with van der Waals surface area (Å²) in [5, 5.41) is 4.66. The Balaban J connectivity index is 2.04. The maximum absolute atomic E-state index is 11.8. The standard InChI is InChI=1S/C14H11Cl2N3O/c15-12-3-1-2-10(13(12)16)8-18-19-14(20)9-4-6-11(17)7-5-9/h1-8H,17H2,(H,19,20)/b18-8+. The van der Waals surface area contributed by atoms with E-state index in [0.717, 1.165) is 0 Å². The Morgan fingerprint density at radius 2 is 1.85 bits per heavy atom. The molecule has 0 aliphatic rings. The molecule has 3 N–H and O–H groups in total. The molecule has 6 heteroatoms. The fourth-order valence-electron chi connectivity index (χ4n) is 1.48. The first-order valence-corrected chi connectivity index (χ1v) is 6.46. The zero-order valence-electron chi connectivity index (χ0n) is 10.3. The third-order valence-corrected chi connectivity index (χ3v) is 3.36. The van der Waals surface area contributed by atoms with E-state index >= 15 is 0 Å². The first kappa shape index (κ1) is 14.4. The minimum absolute atomic E-state index is 0.334. The quantitative estimate of drug-likeness (QED) is 0.519. The molecule has 0 bridgehead atoms. The van der Waals surface area contributed by atoms with Crippen LogP contribution in [-0.2, 0) is 0 Å². The van der Waals surface area contributed by atoms with Crippen LogP contribution in [0.25, 0.3) is 0 Å². The summed E-state index contributed by atoms with van der Waals surface area (Å²) in [7, 11) is 0. The fourth-order valence-corrected chi connectivity index (χ4v) is 1.84. The van der Waals surface area contributed by atoms with E-state index in [1.807, 2.05) is 0 Å². The van der Waals surface area contributed by atoms with Gasteiger partial charge in [-0.15, -0.1) is 0 Å². The van der Waals surface area contributed by atoms with Crippen LogP contribution in [0.3, 0.4) is 0 Å². The Morgan fingerprint density at radius 3 is 2.55 bits per heavy atom. The summed E-state index contributed by atoms with van der Waals surface area (Å²) in [6, 6.07) is 11.7. The predicted octanol–water partition coefficient (Wildman–Crippen LogP) is 3.34. The van der Waals surface area contributed by atoms with Gasteiger partial charge in [-0.3, -0.25) is 4.79 Å². The van der Waals surface area contributed by atoms with E-state index in [2.05, 4.69) is 10.5 Å². The van der Waals surface area contributed by atoms with E-state index in [0.29, 0.717) is 26.9 Å². The SMILES string of the molecule is Nc1ccc(C(=O)N/N=C/c2cccc(Cl)c2Cl)cc1. The number of rotatable bonds is 3. The molecule has 0 aromatic heterocycles. The average molecular weight is 308 g/mol. The molecule has 102 valence electrons. The molecular formula is C14H11Cl2N3O. The third kappa shape index (κ3) is 3.50. The van der Waals surface area contributed by atoms with Gasteiger partial charge in [0, 0.05) is 16.8 Å². The first-order valence-electron chi connectivity index (χ1n) is 5.71. The summed E-state index contributed by atoms with van der Waals surface area (Å²) in [4.78, 5) is 11.8. The number of hydrazone groups is 1. The van der Waals surface area contributed by atoms with Gasteiger partial charge in [-0.25, -0.2) is 5.43 Å². The molecule has 0 saturated carbocycles. The van der Waals surface area contributed by atoms with Crippen molar-refractivity contribution in [2.75, 3.05) is 5.73 Å². The number of amides is 1. The molecule has 4 nitrogen and oxygen atoms in total. The molecule has 0 atom stereocenters. The van der Waals surface area contributed by atoms with Gasteiger partial charge in [-0.1, -0.05) is 35.3 Å². The Kier molecular flexibility index (Phi) is 4.61.